The van der Waals surface area contributed by atoms with E-state index >= 15 is 0 Å². The maximum atomic E-state index is 13.1. The van der Waals surface area contributed by atoms with Crippen molar-refractivity contribution in [1.29, 1.82) is 0 Å². The predicted octanol–water partition coefficient (Wildman–Crippen LogP) is 1.66. The van der Waals surface area contributed by atoms with E-state index in [0.29, 0.717) is 18.3 Å². The van der Waals surface area contributed by atoms with Crippen LogP contribution in [0.3, 0.4) is 0 Å². The van der Waals surface area contributed by atoms with Crippen LogP contribution in [0.15, 0.2) is 24.3 Å². The fourth-order valence-electron chi connectivity index (χ4n) is 4.45. The molecule has 2 aliphatic rings. The molecule has 1 aliphatic heterocycles. The molecule has 2 heterocycles. The Morgan fingerprint density at radius 2 is 2.03 bits per heavy atom. The minimum absolute atomic E-state index is 0.172. The third-order valence-electron chi connectivity index (χ3n) is 6.22. The van der Waals surface area contributed by atoms with Gasteiger partial charge in [-0.15, -0.1) is 0 Å². The van der Waals surface area contributed by atoms with Gasteiger partial charge < -0.3 is 15.4 Å². The number of benzene rings is 1. The molecule has 1 aromatic carbocycles. The van der Waals surface area contributed by atoms with E-state index in [0.717, 1.165) is 81.9 Å². The molecule has 1 fully saturated rings. The largest absolute Gasteiger partial charge is 0.379 e. The SMILES string of the molecule is Cn1nc(C(=O)NCc2ccc(F)cc2)c2c1CCC(NCCCN1CCOCC1)C2. The normalized spacial score (nSPS) is 19.2. The highest BCUT2D eigenvalue weighted by Gasteiger charge is 2.28. The summed E-state index contributed by atoms with van der Waals surface area (Å²) in [5.74, 6) is -0.452. The van der Waals surface area contributed by atoms with Crippen molar-refractivity contribution in [3.63, 3.8) is 0 Å². The van der Waals surface area contributed by atoms with Gasteiger partial charge >= 0.3 is 0 Å². The Kier molecular flexibility index (Phi) is 7.32. The summed E-state index contributed by atoms with van der Waals surface area (Å²) < 4.78 is 20.3. The Labute approximate surface area is 182 Å². The molecule has 1 unspecified atom stereocenters. The summed E-state index contributed by atoms with van der Waals surface area (Å²) >= 11 is 0. The number of hydrogen-bond donors (Lipinski definition) is 2. The molecule has 168 valence electrons. The zero-order valence-corrected chi connectivity index (χ0v) is 18.2. The maximum Gasteiger partial charge on any atom is 0.272 e. The molecule has 31 heavy (non-hydrogen) atoms. The molecular formula is C23H32FN5O2. The molecule has 7 nitrogen and oxygen atoms in total. The van der Waals surface area contributed by atoms with E-state index in [1.165, 1.54) is 12.1 Å². The van der Waals surface area contributed by atoms with Gasteiger partial charge in [0, 0.05) is 44.0 Å². The lowest BCUT2D eigenvalue weighted by molar-refractivity contribution is 0.0373. The molecule has 0 saturated carbocycles. The highest BCUT2D eigenvalue weighted by molar-refractivity contribution is 5.94. The van der Waals surface area contributed by atoms with Gasteiger partial charge in [-0.2, -0.15) is 5.10 Å². The summed E-state index contributed by atoms with van der Waals surface area (Å²) in [7, 11) is 1.91. The molecule has 0 bridgehead atoms. The van der Waals surface area contributed by atoms with E-state index < -0.39 is 0 Å². The highest BCUT2D eigenvalue weighted by atomic mass is 19.1. The van der Waals surface area contributed by atoms with E-state index in [-0.39, 0.29) is 11.7 Å². The highest BCUT2D eigenvalue weighted by Crippen LogP contribution is 2.24. The van der Waals surface area contributed by atoms with E-state index in [1.54, 1.807) is 12.1 Å². The fourth-order valence-corrected chi connectivity index (χ4v) is 4.45. The molecule has 1 saturated heterocycles. The van der Waals surface area contributed by atoms with Gasteiger partial charge in [-0.3, -0.25) is 14.4 Å². The van der Waals surface area contributed by atoms with Gasteiger partial charge in [0.1, 0.15) is 5.82 Å². The van der Waals surface area contributed by atoms with Crippen LogP contribution in [0.2, 0.25) is 0 Å². The van der Waals surface area contributed by atoms with Crippen LogP contribution in [0.25, 0.3) is 0 Å². The zero-order chi connectivity index (χ0) is 21.6. The summed E-state index contributed by atoms with van der Waals surface area (Å²) in [4.78, 5) is 15.3. The van der Waals surface area contributed by atoms with E-state index in [2.05, 4.69) is 20.6 Å². The number of rotatable bonds is 8. The summed E-state index contributed by atoms with van der Waals surface area (Å²) in [6.07, 6.45) is 3.91. The second-order valence-corrected chi connectivity index (χ2v) is 8.41. The first-order valence-electron chi connectivity index (χ1n) is 11.2. The van der Waals surface area contributed by atoms with Crippen LogP contribution in [0.1, 0.15) is 40.2 Å². The lowest BCUT2D eigenvalue weighted by Gasteiger charge is -2.27. The Bertz CT molecular complexity index is 877. The number of hydrogen-bond acceptors (Lipinski definition) is 5. The number of aromatic nitrogens is 2. The molecule has 0 radical (unpaired) electrons. The molecule has 2 aromatic rings. The van der Waals surface area contributed by atoms with Crippen molar-refractivity contribution < 1.29 is 13.9 Å². The number of halogens is 1. The number of morpholine rings is 1. The van der Waals surface area contributed by atoms with Crippen molar-refractivity contribution in [2.75, 3.05) is 39.4 Å². The van der Waals surface area contributed by atoms with Crippen LogP contribution in [-0.2, 0) is 31.2 Å². The van der Waals surface area contributed by atoms with Gasteiger partial charge in [0.2, 0.25) is 0 Å². The Morgan fingerprint density at radius 1 is 1.26 bits per heavy atom. The number of amides is 1. The number of aryl methyl sites for hydroxylation is 1. The molecular weight excluding hydrogens is 397 g/mol. The van der Waals surface area contributed by atoms with Crippen LogP contribution in [0.4, 0.5) is 4.39 Å². The third kappa shape index (κ3) is 5.70. The second kappa shape index (κ2) is 10.3. The van der Waals surface area contributed by atoms with Gasteiger partial charge in [0.15, 0.2) is 5.69 Å². The van der Waals surface area contributed by atoms with Crippen molar-refractivity contribution in [1.82, 2.24) is 25.3 Å². The summed E-state index contributed by atoms with van der Waals surface area (Å²) in [5, 5.41) is 11.1. The molecule has 1 aromatic heterocycles. The molecule has 1 aliphatic carbocycles. The predicted molar refractivity (Wildman–Crippen MR) is 116 cm³/mol. The first-order valence-corrected chi connectivity index (χ1v) is 11.2. The lowest BCUT2D eigenvalue weighted by atomic mass is 9.91. The number of nitrogens with one attached hydrogen (secondary N) is 2. The Hall–Kier alpha value is -2.29. The van der Waals surface area contributed by atoms with E-state index in [1.807, 2.05) is 11.7 Å². The Morgan fingerprint density at radius 3 is 2.81 bits per heavy atom. The smallest absolute Gasteiger partial charge is 0.272 e. The molecule has 4 rings (SSSR count). The first kappa shape index (κ1) is 21.9. The third-order valence-corrected chi connectivity index (χ3v) is 6.22. The van der Waals surface area contributed by atoms with Crippen LogP contribution in [0, 0.1) is 5.82 Å². The number of fused-ring (bicyclic) bond motifs is 1. The second-order valence-electron chi connectivity index (χ2n) is 8.41. The lowest BCUT2D eigenvalue weighted by Crippen LogP contribution is -2.40. The van der Waals surface area contributed by atoms with Gasteiger partial charge in [0.25, 0.3) is 5.91 Å². The average Bonchev–Trinajstić information content (AvgIpc) is 3.13. The minimum atomic E-state index is -0.280. The van der Waals surface area contributed by atoms with E-state index in [4.69, 9.17) is 4.74 Å². The number of ether oxygens (including phenoxy) is 1. The molecule has 8 heteroatoms. The number of carbonyl (C=O) groups excluding carboxylic acids is 1. The molecule has 1 atom stereocenters. The first-order chi connectivity index (χ1) is 15.1. The maximum absolute atomic E-state index is 13.1. The standard InChI is InChI=1S/C23H32FN5O2/c1-28-21-8-7-19(25-9-2-10-29-11-13-31-14-12-29)15-20(21)22(27-28)23(30)26-16-17-3-5-18(24)6-4-17/h3-6,19,25H,2,7-16H2,1H3,(H,26,30). The minimum Gasteiger partial charge on any atom is -0.379 e. The van der Waals surface area contributed by atoms with Crippen molar-refractivity contribution in [3.05, 3.63) is 52.6 Å². The van der Waals surface area contributed by atoms with Crippen LogP contribution in [0.5, 0.6) is 0 Å². The summed E-state index contributed by atoms with van der Waals surface area (Å²) in [6, 6.07) is 6.53. The average molecular weight is 430 g/mol. The van der Waals surface area contributed by atoms with Crippen molar-refractivity contribution in [3.8, 4) is 0 Å². The monoisotopic (exact) mass is 429 g/mol. The van der Waals surface area contributed by atoms with Gasteiger partial charge in [-0.25, -0.2) is 4.39 Å². The fraction of sp³-hybridized carbons (Fsp3) is 0.565. The quantitative estimate of drug-likeness (QED) is 0.625. The van der Waals surface area contributed by atoms with Crippen LogP contribution >= 0.6 is 0 Å². The number of nitrogens with zero attached hydrogens (tertiary/aromatic N) is 3. The van der Waals surface area contributed by atoms with Crippen molar-refractivity contribution >= 4 is 5.91 Å². The number of carbonyl (C=O) groups is 1. The molecule has 2 N–H and O–H groups in total. The molecule has 1 amide bonds. The summed E-state index contributed by atoms with van der Waals surface area (Å²) in [6.45, 7) is 6.16. The Balaban J connectivity index is 1.29. The van der Waals surface area contributed by atoms with Crippen molar-refractivity contribution in [2.24, 2.45) is 7.05 Å². The van der Waals surface area contributed by atoms with E-state index in [9.17, 15) is 9.18 Å². The van der Waals surface area contributed by atoms with Crippen LogP contribution in [-0.4, -0.2) is 66.0 Å². The van der Waals surface area contributed by atoms with Gasteiger partial charge in [0.05, 0.1) is 13.2 Å². The topological polar surface area (TPSA) is 71.4 Å². The van der Waals surface area contributed by atoms with Crippen molar-refractivity contribution in [2.45, 2.75) is 38.3 Å². The van der Waals surface area contributed by atoms with Gasteiger partial charge in [-0.05, 0) is 56.5 Å². The molecule has 0 spiro atoms. The van der Waals surface area contributed by atoms with Crippen LogP contribution < -0.4 is 10.6 Å². The zero-order valence-electron chi connectivity index (χ0n) is 18.2. The van der Waals surface area contributed by atoms with Gasteiger partial charge in [-0.1, -0.05) is 12.1 Å². The summed E-state index contributed by atoms with van der Waals surface area (Å²) in [5.41, 5.74) is 3.58.